The van der Waals surface area contributed by atoms with Gasteiger partial charge >= 0.3 is 12.5 Å². The van der Waals surface area contributed by atoms with Crippen LogP contribution in [0.3, 0.4) is 0 Å². The molecule has 0 atom stereocenters. The highest BCUT2D eigenvalue weighted by molar-refractivity contribution is 5.95. The maximum absolute atomic E-state index is 13.1. The highest BCUT2D eigenvalue weighted by Crippen LogP contribution is 2.35. The lowest BCUT2D eigenvalue weighted by molar-refractivity contribution is -0.276. The third-order valence-corrected chi connectivity index (χ3v) is 3.64. The Morgan fingerprint density at radius 2 is 1.83 bits per heavy atom. The number of hydrogen-bond donors (Lipinski definition) is 2. The van der Waals surface area contributed by atoms with Gasteiger partial charge in [-0.25, -0.2) is 9.97 Å². The molecule has 0 saturated carbocycles. The van der Waals surface area contributed by atoms with E-state index in [-0.39, 0.29) is 11.1 Å². The standard InChI is InChI=1S/C17H10F6N4O2/c18-16(19,20)12-4-9(5-14(27-12)29-17(21,22)23)10-3-11-8(1-2-13(24)28)6-25-15(11)26-7-10/h1-7H,(H2,24,28)(H,25,26)/b2-1+. The number of primary amides is 1. The molecule has 0 aliphatic heterocycles. The molecule has 29 heavy (non-hydrogen) atoms. The summed E-state index contributed by atoms with van der Waals surface area (Å²) in [5.74, 6) is -1.98. The van der Waals surface area contributed by atoms with Crippen molar-refractivity contribution in [3.05, 3.63) is 47.9 Å². The summed E-state index contributed by atoms with van der Waals surface area (Å²) in [4.78, 5) is 20.6. The van der Waals surface area contributed by atoms with E-state index in [2.05, 4.69) is 19.7 Å². The zero-order valence-electron chi connectivity index (χ0n) is 14.1. The van der Waals surface area contributed by atoms with Crippen molar-refractivity contribution in [2.45, 2.75) is 12.5 Å². The first-order valence-electron chi connectivity index (χ1n) is 7.72. The number of hydrogen-bond acceptors (Lipinski definition) is 4. The fourth-order valence-corrected chi connectivity index (χ4v) is 2.48. The summed E-state index contributed by atoms with van der Waals surface area (Å²) in [5.41, 5.74) is 4.09. The second kappa shape index (κ2) is 7.11. The van der Waals surface area contributed by atoms with E-state index in [0.717, 1.165) is 12.1 Å². The number of amides is 1. The Morgan fingerprint density at radius 3 is 2.45 bits per heavy atom. The van der Waals surface area contributed by atoms with Crippen LogP contribution >= 0.6 is 0 Å². The molecule has 3 aromatic rings. The number of carbonyl (C=O) groups is 1. The van der Waals surface area contributed by atoms with Gasteiger partial charge in [0.1, 0.15) is 11.3 Å². The predicted molar refractivity (Wildman–Crippen MR) is 89.2 cm³/mol. The molecule has 0 aliphatic carbocycles. The third kappa shape index (κ3) is 4.83. The largest absolute Gasteiger partial charge is 0.574 e. The number of nitrogens with one attached hydrogen (secondary N) is 1. The molecule has 3 N–H and O–H groups in total. The number of H-pyrrole nitrogens is 1. The minimum Gasteiger partial charge on any atom is -0.388 e. The van der Waals surface area contributed by atoms with E-state index in [0.29, 0.717) is 22.7 Å². The van der Waals surface area contributed by atoms with E-state index in [4.69, 9.17) is 5.73 Å². The molecule has 0 aromatic carbocycles. The predicted octanol–water partition coefficient (Wildman–Crippen LogP) is 4.04. The van der Waals surface area contributed by atoms with Gasteiger partial charge in [0, 0.05) is 41.0 Å². The molecular weight excluding hydrogens is 406 g/mol. The van der Waals surface area contributed by atoms with Crippen LogP contribution in [0.5, 0.6) is 5.88 Å². The first kappa shape index (κ1) is 20.2. The monoisotopic (exact) mass is 416 g/mol. The molecule has 1 amide bonds. The number of halogens is 6. The van der Waals surface area contributed by atoms with Gasteiger partial charge in [-0.15, -0.1) is 13.2 Å². The van der Waals surface area contributed by atoms with E-state index in [9.17, 15) is 31.1 Å². The van der Waals surface area contributed by atoms with Crippen LogP contribution in [0, 0.1) is 0 Å². The Kier molecular flexibility index (Phi) is 4.95. The van der Waals surface area contributed by atoms with Gasteiger partial charge in [-0.05, 0) is 23.8 Å². The lowest BCUT2D eigenvalue weighted by Gasteiger charge is -2.13. The SMILES string of the molecule is NC(=O)/C=C/c1c[nH]c2ncc(-c3cc(OC(F)(F)F)nc(C(F)(F)F)c3)cc12. The van der Waals surface area contributed by atoms with Crippen LogP contribution in [0.15, 0.2) is 36.7 Å². The zero-order chi connectivity index (χ0) is 21.4. The summed E-state index contributed by atoms with van der Waals surface area (Å²) in [6.07, 6.45) is -5.14. The van der Waals surface area contributed by atoms with Crippen LogP contribution in [0.1, 0.15) is 11.3 Å². The molecule has 3 heterocycles. The average molecular weight is 416 g/mol. The van der Waals surface area contributed by atoms with Crippen molar-refractivity contribution in [2.24, 2.45) is 5.73 Å². The summed E-state index contributed by atoms with van der Waals surface area (Å²) in [6, 6.07) is 2.70. The molecule has 0 aliphatic rings. The van der Waals surface area contributed by atoms with Crippen molar-refractivity contribution in [3.8, 4) is 17.0 Å². The molecule has 12 heteroatoms. The van der Waals surface area contributed by atoms with E-state index < -0.39 is 30.0 Å². The van der Waals surface area contributed by atoms with Crippen LogP contribution in [-0.4, -0.2) is 27.2 Å². The number of nitrogens with two attached hydrogens (primary N) is 1. The summed E-state index contributed by atoms with van der Waals surface area (Å²) in [6.45, 7) is 0. The van der Waals surface area contributed by atoms with Crippen LogP contribution in [0.25, 0.3) is 28.2 Å². The van der Waals surface area contributed by atoms with Crippen molar-refractivity contribution in [1.29, 1.82) is 0 Å². The average Bonchev–Trinajstić information content (AvgIpc) is 2.99. The number of aromatic nitrogens is 3. The van der Waals surface area contributed by atoms with Gasteiger partial charge in [0.2, 0.25) is 11.8 Å². The second-order valence-electron chi connectivity index (χ2n) is 5.72. The number of aromatic amines is 1. The molecule has 0 unspecified atom stereocenters. The maximum Gasteiger partial charge on any atom is 0.574 e. The Balaban J connectivity index is 2.13. The van der Waals surface area contributed by atoms with E-state index in [1.807, 2.05) is 0 Å². The normalized spacial score (nSPS) is 12.6. The molecule has 0 saturated heterocycles. The van der Waals surface area contributed by atoms with Crippen molar-refractivity contribution in [3.63, 3.8) is 0 Å². The van der Waals surface area contributed by atoms with Gasteiger partial charge in [-0.2, -0.15) is 13.2 Å². The molecule has 3 aromatic heterocycles. The first-order valence-corrected chi connectivity index (χ1v) is 7.72. The number of fused-ring (bicyclic) bond motifs is 1. The second-order valence-corrected chi connectivity index (χ2v) is 5.72. The highest BCUT2D eigenvalue weighted by Gasteiger charge is 2.36. The molecule has 0 spiro atoms. The fourth-order valence-electron chi connectivity index (χ4n) is 2.48. The Hall–Kier alpha value is -3.57. The molecular formula is C17H10F6N4O2. The minimum absolute atomic E-state index is 0.0748. The Morgan fingerprint density at radius 1 is 1.10 bits per heavy atom. The van der Waals surface area contributed by atoms with Crippen LogP contribution in [-0.2, 0) is 11.0 Å². The summed E-state index contributed by atoms with van der Waals surface area (Å²) < 4.78 is 80.2. The zero-order valence-corrected chi connectivity index (χ0v) is 14.1. The number of pyridine rings is 2. The highest BCUT2D eigenvalue weighted by atomic mass is 19.4. The topological polar surface area (TPSA) is 93.9 Å². The van der Waals surface area contributed by atoms with Gasteiger partial charge in [-0.3, -0.25) is 4.79 Å². The quantitative estimate of drug-likeness (QED) is 0.496. The summed E-state index contributed by atoms with van der Waals surface area (Å²) >= 11 is 0. The smallest absolute Gasteiger partial charge is 0.388 e. The lowest BCUT2D eigenvalue weighted by atomic mass is 10.1. The maximum atomic E-state index is 13.1. The van der Waals surface area contributed by atoms with E-state index in [1.165, 1.54) is 24.5 Å². The van der Waals surface area contributed by atoms with Gasteiger partial charge < -0.3 is 15.5 Å². The van der Waals surface area contributed by atoms with Crippen molar-refractivity contribution >= 4 is 23.0 Å². The van der Waals surface area contributed by atoms with Gasteiger partial charge in [0.15, 0.2) is 0 Å². The summed E-state index contributed by atoms with van der Waals surface area (Å²) in [5, 5.41) is 0.406. The molecule has 0 radical (unpaired) electrons. The van der Waals surface area contributed by atoms with Crippen molar-refractivity contribution in [1.82, 2.24) is 15.0 Å². The van der Waals surface area contributed by atoms with Gasteiger partial charge in [0.25, 0.3) is 0 Å². The van der Waals surface area contributed by atoms with Crippen LogP contribution < -0.4 is 10.5 Å². The molecule has 3 rings (SSSR count). The molecule has 152 valence electrons. The van der Waals surface area contributed by atoms with Crippen LogP contribution in [0.2, 0.25) is 0 Å². The van der Waals surface area contributed by atoms with Gasteiger partial charge in [-0.1, -0.05) is 0 Å². The number of nitrogens with zero attached hydrogens (tertiary/aromatic N) is 2. The Bertz CT molecular complexity index is 1100. The number of ether oxygens (including phenoxy) is 1. The van der Waals surface area contributed by atoms with Gasteiger partial charge in [0.05, 0.1) is 0 Å². The molecule has 0 bridgehead atoms. The molecule has 0 fully saturated rings. The van der Waals surface area contributed by atoms with E-state index in [1.54, 1.807) is 0 Å². The number of alkyl halides is 6. The summed E-state index contributed by atoms with van der Waals surface area (Å²) in [7, 11) is 0. The van der Waals surface area contributed by atoms with Crippen molar-refractivity contribution in [2.75, 3.05) is 0 Å². The Labute approximate surface area is 158 Å². The number of carbonyl (C=O) groups excluding carboxylic acids is 1. The first-order chi connectivity index (χ1) is 13.4. The molecule has 6 nitrogen and oxygen atoms in total. The van der Waals surface area contributed by atoms with Crippen LogP contribution in [0.4, 0.5) is 26.3 Å². The van der Waals surface area contributed by atoms with E-state index >= 15 is 0 Å². The fraction of sp³-hybridized carbons (Fsp3) is 0.118. The minimum atomic E-state index is -5.22. The number of rotatable bonds is 4. The third-order valence-electron chi connectivity index (χ3n) is 3.64. The lowest BCUT2D eigenvalue weighted by Crippen LogP contribution is -2.19. The van der Waals surface area contributed by atoms with Crippen molar-refractivity contribution < 1.29 is 35.9 Å².